The number of benzene rings is 1. The van der Waals surface area contributed by atoms with E-state index in [1.54, 1.807) is 9.80 Å². The summed E-state index contributed by atoms with van der Waals surface area (Å²) in [6.45, 7) is 3.36. The van der Waals surface area contributed by atoms with Gasteiger partial charge in [-0.15, -0.1) is 0 Å². The summed E-state index contributed by atoms with van der Waals surface area (Å²) >= 11 is 0. The van der Waals surface area contributed by atoms with Crippen molar-refractivity contribution in [2.75, 3.05) is 13.1 Å². The molecule has 2 aromatic rings. The Morgan fingerprint density at radius 2 is 1.96 bits per heavy atom. The van der Waals surface area contributed by atoms with E-state index in [1.165, 1.54) is 0 Å². The normalized spacial score (nSPS) is 21.0. The van der Waals surface area contributed by atoms with Gasteiger partial charge in [-0.1, -0.05) is 30.3 Å². The van der Waals surface area contributed by atoms with Crippen molar-refractivity contribution in [1.29, 1.82) is 0 Å². The van der Waals surface area contributed by atoms with Crippen LogP contribution in [0.25, 0.3) is 0 Å². The van der Waals surface area contributed by atoms with Crippen LogP contribution < -0.4 is 5.56 Å². The molecule has 2 aliphatic rings. The van der Waals surface area contributed by atoms with Gasteiger partial charge in [-0.3, -0.25) is 19.5 Å². The summed E-state index contributed by atoms with van der Waals surface area (Å²) in [5, 5.41) is 5.42. The molecule has 2 unspecified atom stereocenters. The Bertz CT molecular complexity index is 886. The van der Waals surface area contributed by atoms with Crippen LogP contribution in [0.15, 0.2) is 35.1 Å². The zero-order valence-electron chi connectivity index (χ0n) is 14.7. The van der Waals surface area contributed by atoms with Crippen LogP contribution >= 0.6 is 0 Å². The van der Waals surface area contributed by atoms with Gasteiger partial charge in [0.05, 0.1) is 24.2 Å². The summed E-state index contributed by atoms with van der Waals surface area (Å²) in [7, 11) is 0. The lowest BCUT2D eigenvalue weighted by Gasteiger charge is -2.29. The molecular weight excluding hydrogens is 332 g/mol. The molecule has 2 atom stereocenters. The highest BCUT2D eigenvalue weighted by Crippen LogP contribution is 2.30. The summed E-state index contributed by atoms with van der Waals surface area (Å²) in [6.07, 6.45) is 0.799. The molecule has 1 saturated heterocycles. The highest BCUT2D eigenvalue weighted by Gasteiger charge is 2.39. The van der Waals surface area contributed by atoms with Gasteiger partial charge in [-0.2, -0.15) is 0 Å². The lowest BCUT2D eigenvalue weighted by molar-refractivity contribution is -0.136. The van der Waals surface area contributed by atoms with Gasteiger partial charge in [0.15, 0.2) is 0 Å². The van der Waals surface area contributed by atoms with Crippen molar-refractivity contribution >= 4 is 11.8 Å². The minimum Gasteiger partial charge on any atom is -0.336 e. The number of likely N-dealkylation sites (tertiary alicyclic amines) is 1. The van der Waals surface area contributed by atoms with E-state index in [0.717, 1.165) is 16.8 Å². The van der Waals surface area contributed by atoms with Crippen molar-refractivity contribution in [2.45, 2.75) is 32.4 Å². The van der Waals surface area contributed by atoms with Gasteiger partial charge >= 0.3 is 0 Å². The molecule has 4 rings (SSSR count). The van der Waals surface area contributed by atoms with Gasteiger partial charge in [0, 0.05) is 25.1 Å². The fourth-order valence-corrected chi connectivity index (χ4v) is 3.97. The minimum atomic E-state index is -0.319. The number of aromatic nitrogens is 2. The first-order valence-electron chi connectivity index (χ1n) is 8.96. The molecule has 0 spiro atoms. The van der Waals surface area contributed by atoms with Crippen molar-refractivity contribution in [2.24, 2.45) is 5.92 Å². The largest absolute Gasteiger partial charge is 0.336 e. The first-order valence-corrected chi connectivity index (χ1v) is 8.96. The van der Waals surface area contributed by atoms with Crippen LogP contribution in [0.3, 0.4) is 0 Å². The Hall–Kier alpha value is -2.83. The second-order valence-electron chi connectivity index (χ2n) is 7.08. The van der Waals surface area contributed by atoms with Gasteiger partial charge < -0.3 is 14.9 Å². The maximum absolute atomic E-state index is 12.9. The number of aromatic amines is 2. The maximum atomic E-state index is 12.9. The number of hydrogen-bond acceptors (Lipinski definition) is 3. The number of hydrogen-bond donors (Lipinski definition) is 2. The number of nitrogens with zero attached hydrogens (tertiary/aromatic N) is 2. The van der Waals surface area contributed by atoms with Crippen LogP contribution in [0.1, 0.15) is 36.2 Å². The molecule has 7 heteroatoms. The number of fused-ring (bicyclic) bond motifs is 1. The number of rotatable bonds is 3. The van der Waals surface area contributed by atoms with Gasteiger partial charge in [0.25, 0.3) is 5.56 Å². The zero-order chi connectivity index (χ0) is 18.3. The second kappa shape index (κ2) is 6.48. The van der Waals surface area contributed by atoms with Crippen LogP contribution in [-0.4, -0.2) is 44.9 Å². The van der Waals surface area contributed by atoms with Crippen molar-refractivity contribution in [3.63, 3.8) is 0 Å². The Kier molecular flexibility index (Phi) is 4.14. The zero-order valence-corrected chi connectivity index (χ0v) is 14.7. The Labute approximate surface area is 151 Å². The number of carbonyl (C=O) groups excluding carboxylic acids is 2. The van der Waals surface area contributed by atoms with Gasteiger partial charge in [0.1, 0.15) is 0 Å². The van der Waals surface area contributed by atoms with E-state index in [2.05, 4.69) is 10.2 Å². The second-order valence-corrected chi connectivity index (χ2v) is 7.08. The quantitative estimate of drug-likeness (QED) is 0.868. The average molecular weight is 354 g/mol. The van der Waals surface area contributed by atoms with E-state index < -0.39 is 0 Å². The molecule has 0 radical (unpaired) electrons. The van der Waals surface area contributed by atoms with Gasteiger partial charge in [-0.25, -0.2) is 0 Å². The van der Waals surface area contributed by atoms with Gasteiger partial charge in [0.2, 0.25) is 11.8 Å². The lowest BCUT2D eigenvalue weighted by atomic mass is 10.0. The highest BCUT2D eigenvalue weighted by atomic mass is 16.2. The van der Waals surface area contributed by atoms with Crippen molar-refractivity contribution in [1.82, 2.24) is 20.0 Å². The van der Waals surface area contributed by atoms with Crippen LogP contribution in [-0.2, 0) is 22.6 Å². The molecule has 26 heavy (non-hydrogen) atoms. The summed E-state index contributed by atoms with van der Waals surface area (Å²) in [4.78, 5) is 40.6. The van der Waals surface area contributed by atoms with E-state index in [1.807, 2.05) is 37.3 Å². The third-order valence-electron chi connectivity index (χ3n) is 5.51. The average Bonchev–Trinajstić information content (AvgIpc) is 3.24. The molecule has 0 bridgehead atoms. The topological polar surface area (TPSA) is 89.3 Å². The van der Waals surface area contributed by atoms with Crippen LogP contribution in [0.2, 0.25) is 0 Å². The number of nitrogens with one attached hydrogen (secondary N) is 2. The highest BCUT2D eigenvalue weighted by molar-refractivity contribution is 5.89. The lowest BCUT2D eigenvalue weighted by Crippen LogP contribution is -2.41. The Morgan fingerprint density at radius 3 is 2.73 bits per heavy atom. The molecule has 7 nitrogen and oxygen atoms in total. The smallest absolute Gasteiger partial charge is 0.267 e. The Balaban J connectivity index is 1.45. The van der Waals surface area contributed by atoms with Crippen LogP contribution in [0, 0.1) is 5.92 Å². The summed E-state index contributed by atoms with van der Waals surface area (Å²) in [5.74, 6) is -0.304. The first-order chi connectivity index (χ1) is 12.5. The summed E-state index contributed by atoms with van der Waals surface area (Å²) in [6, 6.07) is 9.82. The molecule has 3 heterocycles. The number of amides is 2. The van der Waals surface area contributed by atoms with E-state index in [4.69, 9.17) is 0 Å². The first kappa shape index (κ1) is 16.6. The molecule has 2 aliphatic heterocycles. The van der Waals surface area contributed by atoms with E-state index in [9.17, 15) is 14.4 Å². The molecule has 2 N–H and O–H groups in total. The standard InChI is InChI=1S/C19H22N4O3/c1-12(13-5-3-2-4-6-13)23-10-14(9-17(23)24)19(26)22-8-7-15-16(11-22)20-21-18(15)25/h2-6,12,14H,7-11H2,1H3,(H2,20,21,25). The van der Waals surface area contributed by atoms with Crippen molar-refractivity contribution in [3.8, 4) is 0 Å². The van der Waals surface area contributed by atoms with E-state index in [0.29, 0.717) is 26.1 Å². The summed E-state index contributed by atoms with van der Waals surface area (Å²) < 4.78 is 0. The SMILES string of the molecule is CC(c1ccccc1)N1CC(C(=O)N2CCc3c([nH][nH]c3=O)C2)CC1=O. The van der Waals surface area contributed by atoms with Crippen molar-refractivity contribution < 1.29 is 9.59 Å². The number of H-pyrrole nitrogens is 2. The predicted molar refractivity (Wildman–Crippen MR) is 95.2 cm³/mol. The fraction of sp³-hybridized carbons (Fsp3) is 0.421. The third kappa shape index (κ3) is 2.83. The fourth-order valence-electron chi connectivity index (χ4n) is 3.97. The molecule has 136 valence electrons. The van der Waals surface area contributed by atoms with Gasteiger partial charge in [-0.05, 0) is 18.9 Å². The third-order valence-corrected chi connectivity index (χ3v) is 5.51. The Morgan fingerprint density at radius 1 is 1.19 bits per heavy atom. The minimum absolute atomic E-state index is 0.00573. The maximum Gasteiger partial charge on any atom is 0.267 e. The molecule has 0 saturated carbocycles. The molecule has 2 amide bonds. The van der Waals surface area contributed by atoms with E-state index >= 15 is 0 Å². The molecule has 1 aromatic carbocycles. The van der Waals surface area contributed by atoms with E-state index in [-0.39, 0.29) is 35.8 Å². The monoisotopic (exact) mass is 354 g/mol. The molecule has 0 aliphatic carbocycles. The van der Waals surface area contributed by atoms with Crippen molar-refractivity contribution in [3.05, 3.63) is 57.5 Å². The summed E-state index contributed by atoms with van der Waals surface area (Å²) in [5.41, 5.74) is 2.47. The van der Waals surface area contributed by atoms with Crippen LogP contribution in [0.4, 0.5) is 0 Å². The van der Waals surface area contributed by atoms with Crippen LogP contribution in [0.5, 0.6) is 0 Å². The number of carbonyl (C=O) groups is 2. The molecule has 1 aromatic heterocycles. The molecular formula is C19H22N4O3. The predicted octanol–water partition coefficient (Wildman–Crippen LogP) is 1.20. The molecule has 1 fully saturated rings.